The molecule has 0 aliphatic heterocycles. The van der Waals surface area contributed by atoms with Crippen molar-refractivity contribution in [2.45, 2.75) is 113 Å². The van der Waals surface area contributed by atoms with Gasteiger partial charge < -0.3 is 0 Å². The molecule has 0 aromatic rings. The third-order valence-corrected chi connectivity index (χ3v) is 42.9. The van der Waals surface area contributed by atoms with Crippen molar-refractivity contribution >= 4 is 25.3 Å². The van der Waals surface area contributed by atoms with Gasteiger partial charge in [0.2, 0.25) is 0 Å². The Hall–Kier alpha value is 0.471. The van der Waals surface area contributed by atoms with Crippen molar-refractivity contribution in [1.82, 2.24) is 0 Å². The Balaban J connectivity index is 2.56. The van der Waals surface area contributed by atoms with E-state index in [2.05, 4.69) is 65.1 Å². The molecule has 2 rings (SSSR count). The molecule has 0 fully saturated rings. The number of unbranched alkanes of at least 4 members (excludes halogenated alkanes) is 2. The summed E-state index contributed by atoms with van der Waals surface area (Å²) in [5.41, 5.74) is 6.12. The van der Waals surface area contributed by atoms with Crippen LogP contribution >= 0.6 is 18.6 Å². The van der Waals surface area contributed by atoms with Crippen molar-refractivity contribution in [3.8, 4) is 0 Å². The summed E-state index contributed by atoms with van der Waals surface area (Å²) in [5.74, 6) is 0. The van der Waals surface area contributed by atoms with Gasteiger partial charge in [0, 0.05) is 0 Å². The van der Waals surface area contributed by atoms with Crippen molar-refractivity contribution in [2.24, 2.45) is 0 Å². The molecule has 4 heteroatoms. The fourth-order valence-electron chi connectivity index (χ4n) is 5.44. The van der Waals surface area contributed by atoms with E-state index in [-0.39, 0.29) is 0 Å². The van der Waals surface area contributed by atoms with Crippen LogP contribution in [0.2, 0.25) is 21.5 Å². The van der Waals surface area contributed by atoms with E-state index in [4.69, 9.17) is 18.6 Å². The molecule has 30 heavy (non-hydrogen) atoms. The molecule has 2 unspecified atom stereocenters. The van der Waals surface area contributed by atoms with Crippen molar-refractivity contribution in [2.75, 3.05) is 0 Å². The number of hydrogen-bond donors (Lipinski definition) is 0. The first-order valence-electron chi connectivity index (χ1n) is 12.6. The van der Waals surface area contributed by atoms with Crippen LogP contribution in [0.25, 0.3) is 0 Å². The molecule has 2 aliphatic carbocycles. The van der Waals surface area contributed by atoms with Crippen LogP contribution < -0.4 is 0 Å². The third kappa shape index (κ3) is 5.51. The average molecular weight is 505 g/mol. The summed E-state index contributed by atoms with van der Waals surface area (Å²) in [4.78, 5) is 0. The zero-order valence-electron chi connectivity index (χ0n) is 20.4. The van der Waals surface area contributed by atoms with Crippen molar-refractivity contribution < 1.29 is 12.4 Å². The van der Waals surface area contributed by atoms with E-state index in [0.29, 0.717) is 8.45 Å². The van der Waals surface area contributed by atoms with E-state index in [1.54, 1.807) is 11.1 Å². The van der Waals surface area contributed by atoms with Crippen LogP contribution in [0.3, 0.4) is 0 Å². The Morgan fingerprint density at radius 2 is 1.10 bits per heavy atom. The van der Waals surface area contributed by atoms with Crippen molar-refractivity contribution in [3.63, 3.8) is 0 Å². The topological polar surface area (TPSA) is 0 Å². The summed E-state index contributed by atoms with van der Waals surface area (Å²) >= 11 is -3.93. The SMILES string of the molecule is CCCCC1=CC(CCC)=C[CH]1[Ti]([Cl])([Cl])([CH]1C=C(CCC)C=C1CCCC)[SiH](C)C. The summed E-state index contributed by atoms with van der Waals surface area (Å²) in [5, 5.41) is 0. The quantitative estimate of drug-likeness (QED) is 0.219. The maximum atomic E-state index is 8.07. The Morgan fingerprint density at radius 3 is 1.40 bits per heavy atom. The van der Waals surface area contributed by atoms with E-state index >= 15 is 0 Å². The van der Waals surface area contributed by atoms with Crippen molar-refractivity contribution in [3.05, 3.63) is 46.6 Å². The minimum absolute atomic E-state index is 0.331. The number of allylic oxidation sites excluding steroid dienone is 8. The molecule has 0 bridgehead atoms. The molecular formula is C26H45Cl2SiTi. The monoisotopic (exact) mass is 503 g/mol. The molecule has 0 heterocycles. The second-order valence-electron chi connectivity index (χ2n) is 9.96. The molecule has 2 atom stereocenters. The van der Waals surface area contributed by atoms with E-state index in [0.717, 1.165) is 25.7 Å². The standard InChI is InChI=1S/2C12H19.C2H7Si.2ClH.Ti/c2*1-3-5-7-12-9-8-11(10-12)6-4-2;1-3-2;;;/h2*8-10H,3-7H2,1-2H3;3H,1-2H3;2*1H;/q;;;;;+2/p-2. The predicted molar refractivity (Wildman–Crippen MR) is 139 cm³/mol. The zero-order valence-corrected chi connectivity index (χ0v) is 24.6. The van der Waals surface area contributed by atoms with Gasteiger partial charge in [-0.15, -0.1) is 0 Å². The minimum atomic E-state index is -3.93. The van der Waals surface area contributed by atoms with Crippen LogP contribution in [0.4, 0.5) is 0 Å². The molecule has 0 aromatic carbocycles. The Morgan fingerprint density at radius 1 is 0.700 bits per heavy atom. The second-order valence-corrected chi connectivity index (χ2v) is 39.4. The molecule has 0 spiro atoms. The summed E-state index contributed by atoms with van der Waals surface area (Å²) in [6, 6.07) is 0. The summed E-state index contributed by atoms with van der Waals surface area (Å²) in [6.07, 6.45) is 22.0. The molecule has 0 saturated heterocycles. The van der Waals surface area contributed by atoms with Gasteiger partial charge in [0.05, 0.1) is 0 Å². The number of rotatable bonds is 13. The van der Waals surface area contributed by atoms with Crippen LogP contribution in [0, 0.1) is 0 Å². The fourth-order valence-corrected chi connectivity index (χ4v) is 24.7. The van der Waals surface area contributed by atoms with Gasteiger partial charge in [0.25, 0.3) is 0 Å². The van der Waals surface area contributed by atoms with Crippen molar-refractivity contribution in [1.29, 1.82) is 0 Å². The summed E-state index contributed by atoms with van der Waals surface area (Å²) < 4.78 is 0.662. The summed E-state index contributed by atoms with van der Waals surface area (Å²) in [7, 11) is 16.1. The Kier molecular flexibility index (Phi) is 10.3. The normalized spacial score (nSPS) is 23.2. The van der Waals surface area contributed by atoms with E-state index in [1.165, 1.54) is 49.7 Å². The van der Waals surface area contributed by atoms with Gasteiger partial charge in [-0.05, 0) is 0 Å². The van der Waals surface area contributed by atoms with E-state index < -0.39 is 19.1 Å². The first-order chi connectivity index (χ1) is 14.2. The van der Waals surface area contributed by atoms with Crippen LogP contribution in [-0.2, 0) is 12.4 Å². The first kappa shape index (κ1) is 26.7. The van der Waals surface area contributed by atoms with E-state index in [1.807, 2.05) is 0 Å². The van der Waals surface area contributed by atoms with Gasteiger partial charge in [0.15, 0.2) is 0 Å². The van der Waals surface area contributed by atoms with Crippen LogP contribution in [-0.4, -0.2) is 6.66 Å². The molecule has 0 aromatic heterocycles. The Bertz CT molecular complexity index is 661. The molecule has 171 valence electrons. The Labute approximate surface area is 196 Å². The molecule has 0 saturated carbocycles. The van der Waals surface area contributed by atoms with Gasteiger partial charge in [-0.25, -0.2) is 0 Å². The number of hydrogen-bond acceptors (Lipinski definition) is 0. The fraction of sp³-hybridized carbons (Fsp3) is 0.692. The molecule has 0 nitrogen and oxygen atoms in total. The average Bonchev–Trinajstić information content (AvgIpc) is 3.30. The van der Waals surface area contributed by atoms with Crippen LogP contribution in [0.15, 0.2) is 46.6 Å². The van der Waals surface area contributed by atoms with Gasteiger partial charge in [0.1, 0.15) is 0 Å². The van der Waals surface area contributed by atoms with Gasteiger partial charge in [-0.1, -0.05) is 0 Å². The van der Waals surface area contributed by atoms with Crippen LogP contribution in [0.5, 0.6) is 0 Å². The predicted octanol–water partition coefficient (Wildman–Crippen LogP) is 10.3. The van der Waals surface area contributed by atoms with Gasteiger partial charge >= 0.3 is 198 Å². The molecule has 0 radical (unpaired) electrons. The van der Waals surface area contributed by atoms with Gasteiger partial charge in [-0.2, -0.15) is 0 Å². The van der Waals surface area contributed by atoms with E-state index in [9.17, 15) is 0 Å². The van der Waals surface area contributed by atoms with Crippen LogP contribution in [0.1, 0.15) is 91.9 Å². The molecular weight excluding hydrogens is 459 g/mol. The maximum absolute atomic E-state index is 8.07. The number of halogens is 2. The summed E-state index contributed by atoms with van der Waals surface area (Å²) in [6.45, 7) is 12.7. The molecule has 0 N–H and O–H groups in total. The molecule has 0 amide bonds. The first-order valence-corrected chi connectivity index (χ1v) is 24.3. The zero-order chi connectivity index (χ0) is 22.4. The molecule has 2 aliphatic rings. The van der Waals surface area contributed by atoms with Gasteiger partial charge in [-0.3, -0.25) is 0 Å². The second kappa shape index (κ2) is 11.6. The third-order valence-electron chi connectivity index (χ3n) is 7.31.